The number of hydrogen-bond acceptors (Lipinski definition) is 6. The van der Waals surface area contributed by atoms with Crippen molar-refractivity contribution in [3.63, 3.8) is 0 Å². The second kappa shape index (κ2) is 8.44. The normalized spacial score (nSPS) is 14.9. The van der Waals surface area contributed by atoms with Gasteiger partial charge in [-0.15, -0.1) is 5.10 Å². The van der Waals surface area contributed by atoms with Crippen LogP contribution in [0.15, 0.2) is 57.5 Å². The third kappa shape index (κ3) is 3.80. The van der Waals surface area contributed by atoms with Crippen LogP contribution < -0.4 is 5.69 Å². The van der Waals surface area contributed by atoms with Crippen molar-refractivity contribution in [1.29, 1.82) is 0 Å². The lowest BCUT2D eigenvalue weighted by Crippen LogP contribution is -2.23. The number of nitrogens with zero attached hydrogens (tertiary/aromatic N) is 6. The fourth-order valence-corrected chi connectivity index (χ4v) is 3.52. The van der Waals surface area contributed by atoms with E-state index < -0.39 is 0 Å². The first-order chi connectivity index (χ1) is 14.6. The molecule has 1 aliphatic rings. The first-order valence-corrected chi connectivity index (χ1v) is 10.0. The largest absolute Gasteiger partial charge is 0.475 e. The quantitative estimate of drug-likeness (QED) is 0.372. The summed E-state index contributed by atoms with van der Waals surface area (Å²) in [6.07, 6.45) is 2.49. The highest BCUT2D eigenvalue weighted by Gasteiger charge is 2.17. The van der Waals surface area contributed by atoms with E-state index in [-0.39, 0.29) is 12.3 Å². The highest BCUT2D eigenvalue weighted by Crippen LogP contribution is 2.22. The van der Waals surface area contributed by atoms with Crippen molar-refractivity contribution < 1.29 is 4.74 Å². The molecular weight excluding hydrogens is 380 g/mol. The number of fused-ring (bicyclic) bond motifs is 1. The van der Waals surface area contributed by atoms with Gasteiger partial charge in [0, 0.05) is 24.6 Å². The molecule has 0 atom stereocenters. The Morgan fingerprint density at radius 3 is 2.73 bits per heavy atom. The Morgan fingerprint density at radius 1 is 1.13 bits per heavy atom. The topological polar surface area (TPSA) is 86.7 Å². The Bertz CT molecular complexity index is 1190. The van der Waals surface area contributed by atoms with E-state index >= 15 is 0 Å². The van der Waals surface area contributed by atoms with Crippen molar-refractivity contribution in [3.8, 4) is 5.69 Å². The predicted molar refractivity (Wildman–Crippen MR) is 115 cm³/mol. The lowest BCUT2D eigenvalue weighted by atomic mass is 10.1. The van der Waals surface area contributed by atoms with E-state index in [9.17, 15) is 4.79 Å². The minimum atomic E-state index is -0.308. The molecule has 0 spiro atoms. The molecule has 8 nitrogen and oxygen atoms in total. The Morgan fingerprint density at radius 2 is 1.97 bits per heavy atom. The Kier molecular flexibility index (Phi) is 5.56. The molecule has 0 amide bonds. The van der Waals surface area contributed by atoms with E-state index in [0.717, 1.165) is 29.7 Å². The molecule has 0 aliphatic heterocycles. The molecule has 0 saturated heterocycles. The van der Waals surface area contributed by atoms with Crippen LogP contribution in [0.1, 0.15) is 42.0 Å². The van der Waals surface area contributed by atoms with Gasteiger partial charge in [-0.3, -0.25) is 0 Å². The summed E-state index contributed by atoms with van der Waals surface area (Å²) < 4.78 is 8.47. The number of ether oxygens (including phenoxy) is 1. The van der Waals surface area contributed by atoms with Gasteiger partial charge in [-0.1, -0.05) is 43.3 Å². The maximum Gasteiger partial charge on any atom is 0.368 e. The number of aryl methyl sites for hydroxylation is 3. The summed E-state index contributed by atoms with van der Waals surface area (Å²) in [5.74, 6) is 0.549. The lowest BCUT2D eigenvalue weighted by molar-refractivity contribution is 0.282. The van der Waals surface area contributed by atoms with E-state index in [1.807, 2.05) is 44.2 Å². The van der Waals surface area contributed by atoms with Crippen LogP contribution in [0.5, 0.6) is 0 Å². The van der Waals surface area contributed by atoms with Crippen LogP contribution in [-0.2, 0) is 24.8 Å². The second-order valence-corrected chi connectivity index (χ2v) is 7.21. The maximum absolute atomic E-state index is 12.3. The molecule has 0 N–H and O–H groups in total. The first-order valence-electron chi connectivity index (χ1n) is 10.0. The molecule has 0 unspecified atom stereocenters. The molecule has 0 radical (unpaired) electrons. The van der Waals surface area contributed by atoms with Crippen LogP contribution in [0, 0.1) is 6.92 Å². The molecule has 0 bridgehead atoms. The average Bonchev–Trinajstić information content (AvgIpc) is 3.32. The standard InChI is InChI=1S/C22H24N6O2/c1-4-21(24-23-19-13-12-16-9-5-6-10-17(16)19)30-14-18-15(2)8-7-11-20(18)28-22(29)27(3)25-26-28/h5-11H,4,12-14H2,1-3H3. The van der Waals surface area contributed by atoms with E-state index in [4.69, 9.17) is 4.74 Å². The van der Waals surface area contributed by atoms with Crippen LogP contribution in [0.25, 0.3) is 5.69 Å². The van der Waals surface area contributed by atoms with Crippen LogP contribution in [0.3, 0.4) is 0 Å². The molecule has 30 heavy (non-hydrogen) atoms. The van der Waals surface area contributed by atoms with Gasteiger partial charge < -0.3 is 4.74 Å². The minimum absolute atomic E-state index is 0.263. The van der Waals surface area contributed by atoms with Gasteiger partial charge in [-0.25, -0.2) is 4.79 Å². The van der Waals surface area contributed by atoms with E-state index in [1.165, 1.54) is 20.5 Å². The molecular formula is C22H24N6O2. The van der Waals surface area contributed by atoms with E-state index in [2.05, 4.69) is 32.8 Å². The average molecular weight is 404 g/mol. The van der Waals surface area contributed by atoms with Gasteiger partial charge in [0.2, 0.25) is 5.90 Å². The number of rotatable bonds is 5. The Balaban J connectivity index is 1.57. The zero-order valence-electron chi connectivity index (χ0n) is 17.4. The van der Waals surface area contributed by atoms with Crippen LogP contribution in [-0.4, -0.2) is 31.4 Å². The third-order valence-corrected chi connectivity index (χ3v) is 5.26. The van der Waals surface area contributed by atoms with Crippen LogP contribution in [0.2, 0.25) is 0 Å². The molecule has 2 aromatic carbocycles. The number of hydrogen-bond donors (Lipinski definition) is 0. The van der Waals surface area contributed by atoms with Crippen molar-refractivity contribution in [2.45, 2.75) is 39.7 Å². The number of tetrazole rings is 1. The maximum atomic E-state index is 12.3. The smallest absolute Gasteiger partial charge is 0.368 e. The van der Waals surface area contributed by atoms with Gasteiger partial charge in [-0.05, 0) is 47.4 Å². The molecule has 1 aliphatic carbocycles. The summed E-state index contributed by atoms with van der Waals surface area (Å²) in [5, 5.41) is 16.6. The van der Waals surface area contributed by atoms with Crippen LogP contribution >= 0.6 is 0 Å². The fraction of sp³-hybridized carbons (Fsp3) is 0.318. The summed E-state index contributed by atoms with van der Waals surface area (Å²) >= 11 is 0. The molecule has 0 saturated carbocycles. The van der Waals surface area contributed by atoms with Crippen molar-refractivity contribution in [3.05, 3.63) is 75.2 Å². The van der Waals surface area contributed by atoms with Gasteiger partial charge in [0.05, 0.1) is 11.4 Å². The molecule has 3 aromatic rings. The molecule has 4 rings (SSSR count). The molecule has 0 fully saturated rings. The molecule has 8 heteroatoms. The SMILES string of the molecule is CCC(=NN=C1CCc2ccccc21)OCc1c(C)cccc1-n1nnn(C)c1=O. The molecule has 1 aromatic heterocycles. The monoisotopic (exact) mass is 404 g/mol. The van der Waals surface area contributed by atoms with Crippen LogP contribution in [0.4, 0.5) is 0 Å². The summed E-state index contributed by atoms with van der Waals surface area (Å²) in [4.78, 5) is 12.3. The van der Waals surface area contributed by atoms with E-state index in [0.29, 0.717) is 18.0 Å². The van der Waals surface area contributed by atoms with Gasteiger partial charge in [0.25, 0.3) is 0 Å². The summed E-state index contributed by atoms with van der Waals surface area (Å²) in [6, 6.07) is 14.0. The predicted octanol–water partition coefficient (Wildman–Crippen LogP) is 2.95. The van der Waals surface area contributed by atoms with Crippen molar-refractivity contribution in [2.24, 2.45) is 17.3 Å². The van der Waals surface area contributed by atoms with Gasteiger partial charge >= 0.3 is 5.69 Å². The van der Waals surface area contributed by atoms with Crippen molar-refractivity contribution in [1.82, 2.24) is 19.8 Å². The second-order valence-electron chi connectivity index (χ2n) is 7.21. The van der Waals surface area contributed by atoms with Gasteiger partial charge in [0.1, 0.15) is 6.61 Å². The van der Waals surface area contributed by atoms with Gasteiger partial charge in [0.15, 0.2) is 0 Å². The van der Waals surface area contributed by atoms with Gasteiger partial charge in [-0.2, -0.15) is 14.5 Å². The third-order valence-electron chi connectivity index (χ3n) is 5.26. The fourth-order valence-electron chi connectivity index (χ4n) is 3.52. The minimum Gasteiger partial charge on any atom is -0.475 e. The first kappa shape index (κ1) is 19.8. The summed E-state index contributed by atoms with van der Waals surface area (Å²) in [5.41, 5.74) is 5.67. The lowest BCUT2D eigenvalue weighted by Gasteiger charge is -2.13. The number of aromatic nitrogens is 4. The highest BCUT2D eigenvalue weighted by atomic mass is 16.5. The Labute approximate surface area is 174 Å². The number of benzene rings is 2. The zero-order chi connectivity index (χ0) is 21.1. The Hall–Kier alpha value is -3.55. The summed E-state index contributed by atoms with van der Waals surface area (Å²) in [6.45, 7) is 4.22. The zero-order valence-corrected chi connectivity index (χ0v) is 17.4. The highest BCUT2D eigenvalue weighted by molar-refractivity contribution is 6.04. The van der Waals surface area contributed by atoms with E-state index in [1.54, 1.807) is 7.05 Å². The molecule has 1 heterocycles. The molecule has 154 valence electrons. The van der Waals surface area contributed by atoms with Crippen molar-refractivity contribution >= 4 is 11.6 Å². The summed E-state index contributed by atoms with van der Waals surface area (Å²) in [7, 11) is 1.57. The van der Waals surface area contributed by atoms with Crippen molar-refractivity contribution in [2.75, 3.05) is 0 Å².